The second-order valence-corrected chi connectivity index (χ2v) is 5.81. The number of hydrogen-bond acceptors (Lipinski definition) is 5. The van der Waals surface area contributed by atoms with Gasteiger partial charge in [0, 0.05) is 11.4 Å². The first kappa shape index (κ1) is 15.5. The lowest BCUT2D eigenvalue weighted by molar-refractivity contribution is -0.140. The monoisotopic (exact) mass is 302 g/mol. The van der Waals surface area contributed by atoms with E-state index in [-0.39, 0.29) is 5.97 Å². The maximum absolute atomic E-state index is 12.1. The van der Waals surface area contributed by atoms with Crippen LogP contribution < -0.4 is 0 Å². The van der Waals surface area contributed by atoms with E-state index in [1.807, 2.05) is 51.1 Å². The van der Waals surface area contributed by atoms with Crippen LogP contribution in [-0.2, 0) is 9.53 Å². The highest BCUT2D eigenvalue weighted by atomic mass is 32.2. The summed E-state index contributed by atoms with van der Waals surface area (Å²) in [4.78, 5) is 21.0. The Hall–Kier alpha value is -1.88. The molecule has 0 N–H and O–H groups in total. The first-order valence-corrected chi connectivity index (χ1v) is 7.52. The van der Waals surface area contributed by atoms with Gasteiger partial charge in [-0.1, -0.05) is 42.1 Å². The summed E-state index contributed by atoms with van der Waals surface area (Å²) < 4.78 is 4.91. The van der Waals surface area contributed by atoms with Crippen LogP contribution in [0, 0.1) is 20.8 Å². The molecule has 0 radical (unpaired) electrons. The molecular formula is C16H18N2O2S. The standard InChI is InChI=1S/C16H18N2O2S/c1-10-11(2)17-16(18-12(10)3)21-14(15(19)20-4)13-8-6-5-7-9-13/h5-9,14H,1-4H3/t14-/m0/s1. The summed E-state index contributed by atoms with van der Waals surface area (Å²) in [6.07, 6.45) is 0. The minimum absolute atomic E-state index is 0.300. The first-order valence-electron chi connectivity index (χ1n) is 6.64. The maximum atomic E-state index is 12.1. The van der Waals surface area contributed by atoms with Crippen LogP contribution in [0.4, 0.5) is 0 Å². The van der Waals surface area contributed by atoms with Crippen molar-refractivity contribution < 1.29 is 9.53 Å². The van der Waals surface area contributed by atoms with Crippen molar-refractivity contribution >= 4 is 17.7 Å². The van der Waals surface area contributed by atoms with E-state index in [2.05, 4.69) is 9.97 Å². The van der Waals surface area contributed by atoms with Gasteiger partial charge in [-0.05, 0) is 31.9 Å². The fraction of sp³-hybridized carbons (Fsp3) is 0.312. The van der Waals surface area contributed by atoms with Crippen molar-refractivity contribution in [2.75, 3.05) is 7.11 Å². The molecule has 0 bridgehead atoms. The highest BCUT2D eigenvalue weighted by Gasteiger charge is 2.24. The predicted molar refractivity (Wildman–Crippen MR) is 83.3 cm³/mol. The highest BCUT2D eigenvalue weighted by molar-refractivity contribution is 8.00. The molecule has 2 aromatic rings. The summed E-state index contributed by atoms with van der Waals surface area (Å²) in [5.41, 5.74) is 3.82. The van der Waals surface area contributed by atoms with Crippen molar-refractivity contribution in [3.05, 3.63) is 52.8 Å². The molecule has 21 heavy (non-hydrogen) atoms. The largest absolute Gasteiger partial charge is 0.468 e. The number of esters is 1. The average molecular weight is 302 g/mol. The number of benzene rings is 1. The third-order valence-corrected chi connectivity index (χ3v) is 4.45. The number of carbonyl (C=O) groups is 1. The Balaban J connectivity index is 2.34. The van der Waals surface area contributed by atoms with Gasteiger partial charge in [0.1, 0.15) is 5.25 Å². The van der Waals surface area contributed by atoms with E-state index >= 15 is 0 Å². The van der Waals surface area contributed by atoms with E-state index in [0.29, 0.717) is 5.16 Å². The lowest BCUT2D eigenvalue weighted by Gasteiger charge is -2.14. The predicted octanol–water partition coefficient (Wildman–Crippen LogP) is 3.41. The van der Waals surface area contributed by atoms with Crippen LogP contribution in [0.25, 0.3) is 0 Å². The summed E-state index contributed by atoms with van der Waals surface area (Å²) in [6.45, 7) is 5.89. The van der Waals surface area contributed by atoms with Gasteiger partial charge in [0.2, 0.25) is 0 Å². The van der Waals surface area contributed by atoms with Gasteiger partial charge in [-0.15, -0.1) is 0 Å². The number of carbonyl (C=O) groups excluding carboxylic acids is 1. The van der Waals surface area contributed by atoms with E-state index in [0.717, 1.165) is 22.5 Å². The zero-order valence-electron chi connectivity index (χ0n) is 12.6. The van der Waals surface area contributed by atoms with Crippen LogP contribution in [0.5, 0.6) is 0 Å². The Bertz CT molecular complexity index is 621. The van der Waals surface area contributed by atoms with Crippen LogP contribution in [0.1, 0.15) is 27.8 Å². The number of methoxy groups -OCH3 is 1. The molecule has 110 valence electrons. The third-order valence-electron chi connectivity index (χ3n) is 3.35. The Morgan fingerprint density at radius 2 is 1.67 bits per heavy atom. The normalized spacial score (nSPS) is 12.0. The quantitative estimate of drug-likeness (QED) is 0.492. The molecule has 0 aliphatic carbocycles. The van der Waals surface area contributed by atoms with Crippen LogP contribution in [0.15, 0.2) is 35.5 Å². The first-order chi connectivity index (χ1) is 10.0. The molecule has 0 amide bonds. The van der Waals surface area contributed by atoms with E-state index in [1.54, 1.807) is 0 Å². The van der Waals surface area contributed by atoms with Crippen molar-refractivity contribution in [2.45, 2.75) is 31.2 Å². The maximum Gasteiger partial charge on any atom is 0.323 e. The van der Waals surface area contributed by atoms with Gasteiger partial charge in [-0.2, -0.15) is 0 Å². The van der Waals surface area contributed by atoms with Gasteiger partial charge >= 0.3 is 5.97 Å². The second kappa shape index (κ2) is 6.72. The summed E-state index contributed by atoms with van der Waals surface area (Å²) >= 11 is 1.31. The van der Waals surface area contributed by atoms with Crippen LogP contribution >= 0.6 is 11.8 Å². The van der Waals surface area contributed by atoms with Crippen LogP contribution in [-0.4, -0.2) is 23.0 Å². The Kier molecular flexibility index (Phi) is 4.96. The van der Waals surface area contributed by atoms with Gasteiger partial charge in [0.25, 0.3) is 0 Å². The molecular weight excluding hydrogens is 284 g/mol. The Morgan fingerprint density at radius 3 is 2.19 bits per heavy atom. The molecule has 0 saturated heterocycles. The van der Waals surface area contributed by atoms with Crippen LogP contribution in [0.3, 0.4) is 0 Å². The molecule has 0 aliphatic heterocycles. The number of thioether (sulfide) groups is 1. The van der Waals surface area contributed by atoms with Gasteiger partial charge in [-0.25, -0.2) is 9.97 Å². The summed E-state index contributed by atoms with van der Waals surface area (Å²) in [5, 5.41) is 0.132. The van der Waals surface area contributed by atoms with E-state index in [4.69, 9.17) is 4.74 Å². The fourth-order valence-electron chi connectivity index (χ4n) is 1.89. The van der Waals surface area contributed by atoms with Crippen molar-refractivity contribution in [1.82, 2.24) is 9.97 Å². The minimum Gasteiger partial charge on any atom is -0.468 e. The van der Waals surface area contributed by atoms with Gasteiger partial charge < -0.3 is 4.74 Å². The molecule has 0 spiro atoms. The zero-order valence-corrected chi connectivity index (χ0v) is 13.4. The lowest BCUT2D eigenvalue weighted by atomic mass is 10.1. The lowest BCUT2D eigenvalue weighted by Crippen LogP contribution is -2.12. The minimum atomic E-state index is -0.460. The van der Waals surface area contributed by atoms with Crippen molar-refractivity contribution in [3.8, 4) is 0 Å². The van der Waals surface area contributed by atoms with E-state index in [1.165, 1.54) is 18.9 Å². The van der Waals surface area contributed by atoms with Gasteiger partial charge in [0.05, 0.1) is 7.11 Å². The molecule has 0 fully saturated rings. The number of aryl methyl sites for hydroxylation is 2. The molecule has 0 unspecified atom stereocenters. The molecule has 2 rings (SSSR count). The summed E-state index contributed by atoms with van der Waals surface area (Å²) in [5.74, 6) is -0.300. The number of ether oxygens (including phenoxy) is 1. The Morgan fingerprint density at radius 1 is 1.10 bits per heavy atom. The molecule has 1 aromatic carbocycles. The topological polar surface area (TPSA) is 52.1 Å². The molecule has 1 heterocycles. The third kappa shape index (κ3) is 3.61. The number of hydrogen-bond donors (Lipinski definition) is 0. The van der Waals surface area contributed by atoms with Gasteiger partial charge in [-0.3, -0.25) is 4.79 Å². The molecule has 1 atom stereocenters. The molecule has 4 nitrogen and oxygen atoms in total. The van der Waals surface area contributed by atoms with Crippen molar-refractivity contribution in [2.24, 2.45) is 0 Å². The van der Waals surface area contributed by atoms with Gasteiger partial charge in [0.15, 0.2) is 5.16 Å². The smallest absolute Gasteiger partial charge is 0.323 e. The second-order valence-electron chi connectivity index (χ2n) is 4.73. The van der Waals surface area contributed by atoms with Crippen LogP contribution in [0.2, 0.25) is 0 Å². The zero-order chi connectivity index (χ0) is 15.4. The molecule has 0 saturated carbocycles. The van der Waals surface area contributed by atoms with E-state index in [9.17, 15) is 4.79 Å². The van der Waals surface area contributed by atoms with E-state index < -0.39 is 5.25 Å². The number of aromatic nitrogens is 2. The van der Waals surface area contributed by atoms with Crippen molar-refractivity contribution in [1.29, 1.82) is 0 Å². The summed E-state index contributed by atoms with van der Waals surface area (Å²) in [7, 11) is 1.39. The Labute approximate surface area is 129 Å². The molecule has 0 aliphatic rings. The fourth-order valence-corrected chi connectivity index (χ4v) is 2.96. The SMILES string of the molecule is COC(=O)[C@@H](Sc1nc(C)c(C)c(C)n1)c1ccccc1. The highest BCUT2D eigenvalue weighted by Crippen LogP contribution is 2.34. The molecule has 5 heteroatoms. The molecule has 1 aromatic heterocycles. The van der Waals surface area contributed by atoms with Crippen molar-refractivity contribution in [3.63, 3.8) is 0 Å². The number of nitrogens with zero attached hydrogens (tertiary/aromatic N) is 2. The number of rotatable bonds is 4. The summed E-state index contributed by atoms with van der Waals surface area (Å²) in [6, 6.07) is 9.53. The average Bonchev–Trinajstić information content (AvgIpc) is 2.50.